The molecule has 0 N–H and O–H groups in total. The van der Waals surface area contributed by atoms with Crippen molar-refractivity contribution in [2.75, 3.05) is 13.1 Å². The highest BCUT2D eigenvalue weighted by Crippen LogP contribution is 2.31. The van der Waals surface area contributed by atoms with Crippen molar-refractivity contribution < 1.29 is 4.79 Å². The highest BCUT2D eigenvalue weighted by molar-refractivity contribution is 6.21. The van der Waals surface area contributed by atoms with E-state index in [1.54, 1.807) is 0 Å². The van der Waals surface area contributed by atoms with E-state index in [9.17, 15) is 4.79 Å². The van der Waals surface area contributed by atoms with Gasteiger partial charge < -0.3 is 4.90 Å². The van der Waals surface area contributed by atoms with Crippen molar-refractivity contribution in [3.8, 4) is 0 Å². The lowest BCUT2D eigenvalue weighted by Gasteiger charge is -2.37. The quantitative estimate of drug-likeness (QED) is 0.760. The summed E-state index contributed by atoms with van der Waals surface area (Å²) in [5.74, 6) is 1.03. The monoisotopic (exact) mass is 307 g/mol. The number of piperidine rings is 1. The molecule has 2 rings (SSSR count). The molecule has 4 atom stereocenters. The highest BCUT2D eigenvalue weighted by atomic mass is 35.5. The maximum absolute atomic E-state index is 13.0. The number of carbonyl (C=O) groups excluding carboxylic acids is 1. The minimum absolute atomic E-state index is 0.0477. The second-order valence-corrected chi connectivity index (χ2v) is 6.90. The lowest BCUT2D eigenvalue weighted by atomic mass is 9.83. The summed E-state index contributed by atoms with van der Waals surface area (Å²) < 4.78 is 0. The van der Waals surface area contributed by atoms with E-state index >= 15 is 0 Å². The summed E-state index contributed by atoms with van der Waals surface area (Å²) in [6.45, 7) is 8.00. The maximum Gasteiger partial charge on any atom is 0.230 e. The second kappa shape index (κ2) is 7.31. The smallest absolute Gasteiger partial charge is 0.230 e. The van der Waals surface area contributed by atoms with Crippen LogP contribution < -0.4 is 0 Å². The Morgan fingerprint density at radius 2 is 2.05 bits per heavy atom. The van der Waals surface area contributed by atoms with Crippen LogP contribution >= 0.6 is 11.6 Å². The largest absolute Gasteiger partial charge is 0.341 e. The Hall–Kier alpha value is -1.02. The molecular weight excluding hydrogens is 282 g/mol. The molecule has 0 aromatic heterocycles. The zero-order valence-corrected chi connectivity index (χ0v) is 14.0. The molecule has 1 aromatic carbocycles. The number of alkyl halides is 1. The molecule has 21 heavy (non-hydrogen) atoms. The average Bonchev–Trinajstić information content (AvgIpc) is 2.51. The highest BCUT2D eigenvalue weighted by Gasteiger charge is 2.34. The number of likely N-dealkylation sites (tertiary alicyclic amines) is 1. The average molecular weight is 308 g/mol. The molecule has 1 saturated heterocycles. The molecule has 3 heteroatoms. The van der Waals surface area contributed by atoms with E-state index in [4.69, 9.17) is 11.6 Å². The lowest BCUT2D eigenvalue weighted by Crippen LogP contribution is -2.46. The number of hydrogen-bond donors (Lipinski definition) is 0. The molecule has 0 aliphatic carbocycles. The number of halogens is 1. The third-order valence-electron chi connectivity index (χ3n) is 4.82. The molecule has 1 fully saturated rings. The molecule has 4 unspecified atom stereocenters. The standard InChI is InChI=1S/C18H26ClNO/c1-4-13(2)17(15-8-6-5-7-9-15)18(21)20-11-10-14(3)16(19)12-20/h5-9,13-14,16-17H,4,10-12H2,1-3H3. The number of rotatable bonds is 4. The van der Waals surface area contributed by atoms with Crippen LogP contribution in [0.3, 0.4) is 0 Å². The molecule has 2 nitrogen and oxygen atoms in total. The summed E-state index contributed by atoms with van der Waals surface area (Å²) in [6.07, 6.45) is 2.00. The normalized spacial score (nSPS) is 25.4. The van der Waals surface area contributed by atoms with E-state index in [1.165, 1.54) is 0 Å². The van der Waals surface area contributed by atoms with Crippen LogP contribution in [0.15, 0.2) is 30.3 Å². The van der Waals surface area contributed by atoms with E-state index in [2.05, 4.69) is 32.9 Å². The fourth-order valence-corrected chi connectivity index (χ4v) is 3.32. The second-order valence-electron chi connectivity index (χ2n) is 6.34. The summed E-state index contributed by atoms with van der Waals surface area (Å²) in [5, 5.41) is 0.0797. The fraction of sp³-hybridized carbons (Fsp3) is 0.611. The van der Waals surface area contributed by atoms with Gasteiger partial charge in [0.1, 0.15) is 0 Å². The molecule has 1 amide bonds. The number of amides is 1. The van der Waals surface area contributed by atoms with E-state index in [-0.39, 0.29) is 17.2 Å². The molecular formula is C18H26ClNO. The first-order valence-electron chi connectivity index (χ1n) is 8.02. The van der Waals surface area contributed by atoms with Crippen LogP contribution in [0, 0.1) is 11.8 Å². The predicted molar refractivity (Wildman–Crippen MR) is 88.6 cm³/mol. The van der Waals surface area contributed by atoms with E-state index in [1.807, 2.05) is 23.1 Å². The fourth-order valence-electron chi connectivity index (χ4n) is 3.03. The van der Waals surface area contributed by atoms with Gasteiger partial charge in [-0.15, -0.1) is 11.6 Å². The molecule has 1 aliphatic rings. The van der Waals surface area contributed by atoms with Crippen LogP contribution in [0.4, 0.5) is 0 Å². The molecule has 0 saturated carbocycles. The Balaban J connectivity index is 2.19. The van der Waals surface area contributed by atoms with E-state index in [0.717, 1.165) is 24.9 Å². The zero-order chi connectivity index (χ0) is 15.4. The Kier molecular flexibility index (Phi) is 5.69. The van der Waals surface area contributed by atoms with Crippen molar-refractivity contribution in [1.29, 1.82) is 0 Å². The Labute approximate surface area is 133 Å². The van der Waals surface area contributed by atoms with Crippen LogP contribution in [0.1, 0.15) is 45.1 Å². The summed E-state index contributed by atoms with van der Waals surface area (Å²) >= 11 is 6.38. The van der Waals surface area contributed by atoms with Gasteiger partial charge in [-0.2, -0.15) is 0 Å². The van der Waals surface area contributed by atoms with Crippen molar-refractivity contribution in [2.45, 2.75) is 44.9 Å². The van der Waals surface area contributed by atoms with Gasteiger partial charge in [0.25, 0.3) is 0 Å². The number of benzene rings is 1. The summed E-state index contributed by atoms with van der Waals surface area (Å²) in [7, 11) is 0. The van der Waals surface area contributed by atoms with Gasteiger partial charge in [0.05, 0.1) is 11.3 Å². The van der Waals surface area contributed by atoms with Gasteiger partial charge in [-0.25, -0.2) is 0 Å². The van der Waals surface area contributed by atoms with Gasteiger partial charge >= 0.3 is 0 Å². The SMILES string of the molecule is CCC(C)C(C(=O)N1CCC(C)C(Cl)C1)c1ccccc1. The third-order valence-corrected chi connectivity index (χ3v) is 5.38. The zero-order valence-electron chi connectivity index (χ0n) is 13.3. The summed E-state index contributed by atoms with van der Waals surface area (Å²) in [5.41, 5.74) is 1.13. The topological polar surface area (TPSA) is 20.3 Å². The minimum atomic E-state index is -0.0477. The molecule has 0 radical (unpaired) electrons. The van der Waals surface area contributed by atoms with Crippen LogP contribution in [-0.4, -0.2) is 29.3 Å². The molecule has 1 aromatic rings. The van der Waals surface area contributed by atoms with Crippen LogP contribution in [0.25, 0.3) is 0 Å². The molecule has 0 bridgehead atoms. The first-order chi connectivity index (χ1) is 10.0. The maximum atomic E-state index is 13.0. The minimum Gasteiger partial charge on any atom is -0.341 e. The first-order valence-corrected chi connectivity index (χ1v) is 8.46. The van der Waals surface area contributed by atoms with Crippen molar-refractivity contribution in [2.24, 2.45) is 11.8 Å². The van der Waals surface area contributed by atoms with Crippen molar-refractivity contribution in [1.82, 2.24) is 4.90 Å². The summed E-state index contributed by atoms with van der Waals surface area (Å²) in [6, 6.07) is 10.2. The van der Waals surface area contributed by atoms with Gasteiger partial charge in [-0.1, -0.05) is 57.5 Å². The van der Waals surface area contributed by atoms with Gasteiger partial charge in [-0.05, 0) is 23.8 Å². The summed E-state index contributed by atoms with van der Waals surface area (Å²) in [4.78, 5) is 15.0. The first kappa shape index (κ1) is 16.4. The Morgan fingerprint density at radius 1 is 1.38 bits per heavy atom. The number of nitrogens with zero attached hydrogens (tertiary/aromatic N) is 1. The van der Waals surface area contributed by atoms with Gasteiger partial charge in [0, 0.05) is 13.1 Å². The Bertz CT molecular complexity index is 462. The third kappa shape index (κ3) is 3.79. The van der Waals surface area contributed by atoms with Gasteiger partial charge in [0.2, 0.25) is 5.91 Å². The van der Waals surface area contributed by atoms with E-state index < -0.39 is 0 Å². The van der Waals surface area contributed by atoms with Crippen molar-refractivity contribution in [3.05, 3.63) is 35.9 Å². The number of carbonyl (C=O) groups is 1. The van der Waals surface area contributed by atoms with Crippen LogP contribution in [0.5, 0.6) is 0 Å². The van der Waals surface area contributed by atoms with Crippen LogP contribution in [-0.2, 0) is 4.79 Å². The predicted octanol–water partition coefficient (Wildman–Crippen LogP) is 4.29. The van der Waals surface area contributed by atoms with Crippen molar-refractivity contribution >= 4 is 17.5 Å². The van der Waals surface area contributed by atoms with Crippen LogP contribution in [0.2, 0.25) is 0 Å². The van der Waals surface area contributed by atoms with E-state index in [0.29, 0.717) is 18.4 Å². The molecule has 1 heterocycles. The van der Waals surface area contributed by atoms with Gasteiger partial charge in [0.15, 0.2) is 0 Å². The number of hydrogen-bond acceptors (Lipinski definition) is 1. The molecule has 1 aliphatic heterocycles. The van der Waals surface area contributed by atoms with Gasteiger partial charge in [-0.3, -0.25) is 4.79 Å². The Morgan fingerprint density at radius 3 is 2.62 bits per heavy atom. The molecule has 116 valence electrons. The lowest BCUT2D eigenvalue weighted by molar-refractivity contribution is -0.135. The molecule has 0 spiro atoms. The van der Waals surface area contributed by atoms with Crippen molar-refractivity contribution in [3.63, 3.8) is 0 Å².